The van der Waals surface area contributed by atoms with Crippen LogP contribution in [0.3, 0.4) is 0 Å². The molecule has 0 spiro atoms. The summed E-state index contributed by atoms with van der Waals surface area (Å²) in [7, 11) is 1.60. The maximum absolute atomic E-state index is 9.65. The van der Waals surface area contributed by atoms with Gasteiger partial charge in [0.1, 0.15) is 18.5 Å². The third kappa shape index (κ3) is 6.54. The van der Waals surface area contributed by atoms with Crippen molar-refractivity contribution in [3.05, 3.63) is 29.8 Å². The third-order valence-electron chi connectivity index (χ3n) is 2.52. The standard InChI is InChI=1S/C14H22O5/c1-11(15)12-4-3-5-14(8-12)19-10-13(16)9-18-7-6-17-2/h3-5,8,11,13,15-16H,6-7,9-10H2,1-2H3/t11-,13?/m0/s1. The second-order valence-corrected chi connectivity index (χ2v) is 4.28. The van der Waals surface area contributed by atoms with E-state index in [-0.39, 0.29) is 13.2 Å². The SMILES string of the molecule is COCCOCC(O)COc1cccc([C@H](C)O)c1. The number of benzene rings is 1. The minimum absolute atomic E-state index is 0.149. The summed E-state index contributed by atoms with van der Waals surface area (Å²) in [5, 5.41) is 19.1. The Bertz CT molecular complexity index is 353. The van der Waals surface area contributed by atoms with E-state index in [1.807, 2.05) is 6.07 Å². The molecule has 0 aliphatic rings. The van der Waals surface area contributed by atoms with Crippen molar-refractivity contribution in [1.29, 1.82) is 0 Å². The van der Waals surface area contributed by atoms with Gasteiger partial charge in [0.2, 0.25) is 0 Å². The molecule has 0 radical (unpaired) electrons. The fourth-order valence-electron chi connectivity index (χ4n) is 1.47. The molecule has 0 saturated heterocycles. The Hall–Kier alpha value is -1.14. The molecular formula is C14H22O5. The predicted octanol–water partition coefficient (Wildman–Crippen LogP) is 1.14. The average molecular weight is 270 g/mol. The Morgan fingerprint density at radius 2 is 1.95 bits per heavy atom. The molecule has 1 rings (SSSR count). The highest BCUT2D eigenvalue weighted by atomic mass is 16.5. The van der Waals surface area contributed by atoms with Gasteiger partial charge >= 0.3 is 0 Å². The Labute approximate surface area is 113 Å². The van der Waals surface area contributed by atoms with Gasteiger partial charge in [0.05, 0.1) is 25.9 Å². The molecule has 1 aromatic rings. The number of rotatable bonds is 9. The van der Waals surface area contributed by atoms with Gasteiger partial charge in [-0.2, -0.15) is 0 Å². The van der Waals surface area contributed by atoms with Gasteiger partial charge in [-0.1, -0.05) is 12.1 Å². The largest absolute Gasteiger partial charge is 0.491 e. The Kier molecular flexibility index (Phi) is 7.43. The van der Waals surface area contributed by atoms with Crippen molar-refractivity contribution in [1.82, 2.24) is 0 Å². The van der Waals surface area contributed by atoms with Crippen LogP contribution in [-0.4, -0.2) is 49.9 Å². The first-order valence-electron chi connectivity index (χ1n) is 6.29. The van der Waals surface area contributed by atoms with Crippen molar-refractivity contribution >= 4 is 0 Å². The van der Waals surface area contributed by atoms with E-state index in [0.29, 0.717) is 19.0 Å². The molecule has 2 N–H and O–H groups in total. The third-order valence-corrected chi connectivity index (χ3v) is 2.52. The molecule has 1 aromatic carbocycles. The number of methoxy groups -OCH3 is 1. The lowest BCUT2D eigenvalue weighted by molar-refractivity contribution is -0.00422. The van der Waals surface area contributed by atoms with Crippen LogP contribution in [0.2, 0.25) is 0 Å². The topological polar surface area (TPSA) is 68.2 Å². The zero-order valence-corrected chi connectivity index (χ0v) is 11.4. The molecule has 2 atom stereocenters. The van der Waals surface area contributed by atoms with Crippen molar-refractivity contribution in [3.8, 4) is 5.75 Å². The highest BCUT2D eigenvalue weighted by molar-refractivity contribution is 5.29. The molecule has 5 nitrogen and oxygen atoms in total. The second kappa shape index (κ2) is 8.87. The molecule has 0 aromatic heterocycles. The molecule has 0 saturated carbocycles. The van der Waals surface area contributed by atoms with Crippen LogP contribution in [0.15, 0.2) is 24.3 Å². The zero-order valence-electron chi connectivity index (χ0n) is 11.4. The summed E-state index contributed by atoms with van der Waals surface area (Å²) in [6.07, 6.45) is -1.22. The molecule has 0 heterocycles. The van der Waals surface area contributed by atoms with E-state index in [2.05, 4.69) is 0 Å². The van der Waals surface area contributed by atoms with Crippen LogP contribution >= 0.6 is 0 Å². The number of aliphatic hydroxyl groups excluding tert-OH is 2. The second-order valence-electron chi connectivity index (χ2n) is 4.28. The smallest absolute Gasteiger partial charge is 0.119 e. The Balaban J connectivity index is 2.29. The van der Waals surface area contributed by atoms with Crippen molar-refractivity contribution in [2.75, 3.05) is 33.5 Å². The molecule has 0 amide bonds. The number of hydrogen-bond acceptors (Lipinski definition) is 5. The molecular weight excluding hydrogens is 248 g/mol. The van der Waals surface area contributed by atoms with E-state index in [9.17, 15) is 10.2 Å². The van der Waals surface area contributed by atoms with E-state index in [1.54, 1.807) is 32.2 Å². The maximum Gasteiger partial charge on any atom is 0.119 e. The molecule has 1 unspecified atom stereocenters. The van der Waals surface area contributed by atoms with Crippen LogP contribution in [0, 0.1) is 0 Å². The van der Waals surface area contributed by atoms with Crippen molar-refractivity contribution in [2.24, 2.45) is 0 Å². The summed E-state index contributed by atoms with van der Waals surface area (Å²) in [4.78, 5) is 0. The van der Waals surface area contributed by atoms with Gasteiger partial charge in [-0.3, -0.25) is 0 Å². The lowest BCUT2D eigenvalue weighted by atomic mass is 10.1. The van der Waals surface area contributed by atoms with Gasteiger partial charge in [0.15, 0.2) is 0 Å². The first-order chi connectivity index (χ1) is 9.13. The highest BCUT2D eigenvalue weighted by Gasteiger charge is 2.07. The van der Waals surface area contributed by atoms with E-state index < -0.39 is 12.2 Å². The fourth-order valence-corrected chi connectivity index (χ4v) is 1.47. The summed E-state index contributed by atoms with van der Waals surface area (Å²) in [5.41, 5.74) is 0.781. The van der Waals surface area contributed by atoms with Gasteiger partial charge in [-0.05, 0) is 24.6 Å². The average Bonchev–Trinajstić information content (AvgIpc) is 2.41. The summed E-state index contributed by atoms with van der Waals surface area (Å²) in [6, 6.07) is 7.16. The van der Waals surface area contributed by atoms with Crippen LogP contribution in [0.5, 0.6) is 5.75 Å². The van der Waals surface area contributed by atoms with Crippen LogP contribution < -0.4 is 4.74 Å². The maximum atomic E-state index is 9.65. The molecule has 0 bridgehead atoms. The van der Waals surface area contributed by atoms with Crippen LogP contribution in [0.4, 0.5) is 0 Å². The van der Waals surface area contributed by atoms with Gasteiger partial charge < -0.3 is 24.4 Å². The highest BCUT2D eigenvalue weighted by Crippen LogP contribution is 2.18. The van der Waals surface area contributed by atoms with Crippen molar-refractivity contribution in [3.63, 3.8) is 0 Å². The molecule has 108 valence electrons. The van der Waals surface area contributed by atoms with Crippen LogP contribution in [0.25, 0.3) is 0 Å². The molecule has 19 heavy (non-hydrogen) atoms. The summed E-state index contributed by atoms with van der Waals surface area (Å²) in [6.45, 7) is 3.00. The zero-order chi connectivity index (χ0) is 14.1. The monoisotopic (exact) mass is 270 g/mol. The Morgan fingerprint density at radius 1 is 1.16 bits per heavy atom. The fraction of sp³-hybridized carbons (Fsp3) is 0.571. The Morgan fingerprint density at radius 3 is 2.63 bits per heavy atom. The normalized spacial score (nSPS) is 14.1. The van der Waals surface area contributed by atoms with E-state index in [0.717, 1.165) is 5.56 Å². The molecule has 0 aliphatic carbocycles. The summed E-state index contributed by atoms with van der Waals surface area (Å²) < 4.78 is 15.5. The van der Waals surface area contributed by atoms with Gasteiger partial charge in [-0.15, -0.1) is 0 Å². The van der Waals surface area contributed by atoms with Gasteiger partial charge in [0.25, 0.3) is 0 Å². The van der Waals surface area contributed by atoms with E-state index >= 15 is 0 Å². The first kappa shape index (κ1) is 15.9. The molecule has 0 fully saturated rings. The minimum atomic E-state index is -0.688. The van der Waals surface area contributed by atoms with E-state index in [4.69, 9.17) is 14.2 Å². The molecule has 5 heteroatoms. The minimum Gasteiger partial charge on any atom is -0.491 e. The van der Waals surface area contributed by atoms with Crippen molar-refractivity contribution in [2.45, 2.75) is 19.1 Å². The predicted molar refractivity (Wildman–Crippen MR) is 71.3 cm³/mol. The number of ether oxygens (including phenoxy) is 3. The lowest BCUT2D eigenvalue weighted by Gasteiger charge is -2.13. The summed E-state index contributed by atoms with van der Waals surface area (Å²) >= 11 is 0. The lowest BCUT2D eigenvalue weighted by Crippen LogP contribution is -2.24. The van der Waals surface area contributed by atoms with E-state index in [1.165, 1.54) is 0 Å². The number of aliphatic hydroxyl groups is 2. The number of hydrogen-bond donors (Lipinski definition) is 2. The van der Waals surface area contributed by atoms with Gasteiger partial charge in [-0.25, -0.2) is 0 Å². The van der Waals surface area contributed by atoms with Crippen LogP contribution in [-0.2, 0) is 9.47 Å². The van der Waals surface area contributed by atoms with Gasteiger partial charge in [0, 0.05) is 7.11 Å². The van der Waals surface area contributed by atoms with Crippen LogP contribution in [0.1, 0.15) is 18.6 Å². The van der Waals surface area contributed by atoms with Crippen molar-refractivity contribution < 1.29 is 24.4 Å². The quantitative estimate of drug-likeness (QED) is 0.659. The molecule has 0 aliphatic heterocycles. The first-order valence-corrected chi connectivity index (χ1v) is 6.29. The summed E-state index contributed by atoms with van der Waals surface area (Å²) in [5.74, 6) is 0.620.